The van der Waals surface area contributed by atoms with Crippen LogP contribution in [0.3, 0.4) is 0 Å². The van der Waals surface area contributed by atoms with Crippen molar-refractivity contribution < 1.29 is 4.79 Å². The molecule has 92 valence electrons. The van der Waals surface area contributed by atoms with Gasteiger partial charge in [-0.25, -0.2) is 0 Å². The van der Waals surface area contributed by atoms with Crippen LogP contribution in [0.5, 0.6) is 0 Å². The van der Waals surface area contributed by atoms with Gasteiger partial charge in [0.15, 0.2) is 0 Å². The summed E-state index contributed by atoms with van der Waals surface area (Å²) in [5.74, 6) is 0.520. The van der Waals surface area contributed by atoms with Crippen LogP contribution in [0.15, 0.2) is 18.2 Å². The van der Waals surface area contributed by atoms with Crippen molar-refractivity contribution in [1.29, 1.82) is 0 Å². The Bertz CT molecular complexity index is 413. The first-order valence-electron chi connectivity index (χ1n) is 5.85. The second-order valence-electron chi connectivity index (χ2n) is 4.44. The Morgan fingerprint density at radius 2 is 2.00 bits per heavy atom. The zero-order valence-corrected chi connectivity index (χ0v) is 11.2. The summed E-state index contributed by atoms with van der Waals surface area (Å²) in [6, 6.07) is 5.50. The second-order valence-corrected chi connectivity index (χ2v) is 5.32. The first-order chi connectivity index (χ1) is 8.11. The number of carbonyl (C=O) groups excluding carboxylic acids is 1. The van der Waals surface area contributed by atoms with Gasteiger partial charge in [0.1, 0.15) is 0 Å². The van der Waals surface area contributed by atoms with E-state index in [1.807, 2.05) is 19.1 Å². The molecule has 1 saturated carbocycles. The molecule has 0 radical (unpaired) electrons. The lowest BCUT2D eigenvalue weighted by Crippen LogP contribution is -2.25. The largest absolute Gasteiger partial charge is 0.356 e. The molecule has 1 aromatic rings. The number of halogens is 2. The van der Waals surface area contributed by atoms with E-state index in [1.165, 1.54) is 0 Å². The van der Waals surface area contributed by atoms with Crippen LogP contribution < -0.4 is 5.32 Å². The molecule has 0 spiro atoms. The van der Waals surface area contributed by atoms with Crippen LogP contribution in [0.25, 0.3) is 0 Å². The van der Waals surface area contributed by atoms with E-state index in [2.05, 4.69) is 5.32 Å². The number of carbonyl (C=O) groups is 1. The third-order valence-corrected chi connectivity index (χ3v) is 3.43. The lowest BCUT2D eigenvalue weighted by atomic mass is 10.1. The Hall–Kier alpha value is -0.730. The molecule has 1 amide bonds. The topological polar surface area (TPSA) is 29.1 Å². The molecule has 0 heterocycles. The SMILES string of the molecule is CCCNC(=O)[C@@H]1C[C@@H]1c1cc(Cl)cc(Cl)c1. The van der Waals surface area contributed by atoms with E-state index in [0.29, 0.717) is 10.0 Å². The molecule has 0 bridgehead atoms. The average Bonchev–Trinajstić information content (AvgIpc) is 3.04. The minimum Gasteiger partial charge on any atom is -0.356 e. The molecule has 1 aliphatic rings. The highest BCUT2D eigenvalue weighted by molar-refractivity contribution is 6.34. The van der Waals surface area contributed by atoms with E-state index in [-0.39, 0.29) is 17.7 Å². The number of rotatable bonds is 4. The van der Waals surface area contributed by atoms with Gasteiger partial charge in [-0.3, -0.25) is 4.79 Å². The van der Waals surface area contributed by atoms with Gasteiger partial charge in [0.25, 0.3) is 0 Å². The predicted octanol–water partition coefficient (Wildman–Crippen LogP) is 3.62. The van der Waals surface area contributed by atoms with Gasteiger partial charge in [0, 0.05) is 22.5 Å². The maximum atomic E-state index is 11.7. The summed E-state index contributed by atoms with van der Waals surface area (Å²) >= 11 is 11.9. The quantitative estimate of drug-likeness (QED) is 0.891. The summed E-state index contributed by atoms with van der Waals surface area (Å²) < 4.78 is 0. The number of benzene rings is 1. The van der Waals surface area contributed by atoms with Crippen LogP contribution >= 0.6 is 23.2 Å². The van der Waals surface area contributed by atoms with Crippen LogP contribution in [0.2, 0.25) is 10.0 Å². The first kappa shape index (κ1) is 12.7. The molecule has 1 aliphatic carbocycles. The standard InChI is InChI=1S/C13H15Cl2NO/c1-2-3-16-13(17)12-7-11(12)8-4-9(14)6-10(15)5-8/h4-6,11-12H,2-3,7H2,1H3,(H,16,17)/t11-,12-/m1/s1. The third kappa shape index (κ3) is 3.14. The van der Waals surface area contributed by atoms with Gasteiger partial charge >= 0.3 is 0 Å². The highest BCUT2D eigenvalue weighted by Crippen LogP contribution is 2.48. The second kappa shape index (κ2) is 5.28. The third-order valence-electron chi connectivity index (χ3n) is 2.99. The predicted molar refractivity (Wildman–Crippen MR) is 70.6 cm³/mol. The molecule has 2 rings (SSSR count). The summed E-state index contributed by atoms with van der Waals surface area (Å²) in [6.45, 7) is 2.79. The van der Waals surface area contributed by atoms with E-state index in [9.17, 15) is 4.79 Å². The van der Waals surface area contributed by atoms with Gasteiger partial charge in [0.05, 0.1) is 0 Å². The molecule has 2 atom stereocenters. The normalized spacial score (nSPS) is 22.3. The maximum Gasteiger partial charge on any atom is 0.223 e. The molecule has 0 aromatic heterocycles. The first-order valence-corrected chi connectivity index (χ1v) is 6.61. The zero-order valence-electron chi connectivity index (χ0n) is 9.67. The molecule has 0 aliphatic heterocycles. The summed E-state index contributed by atoms with van der Waals surface area (Å²) in [5, 5.41) is 4.18. The molecule has 1 aromatic carbocycles. The van der Waals surface area contributed by atoms with Crippen LogP contribution in [0, 0.1) is 5.92 Å². The Kier molecular flexibility index (Phi) is 3.95. The van der Waals surface area contributed by atoms with E-state index in [4.69, 9.17) is 23.2 Å². The molecule has 1 N–H and O–H groups in total. The van der Waals surface area contributed by atoms with Gasteiger partial charge in [-0.15, -0.1) is 0 Å². The molecular formula is C13H15Cl2NO. The Morgan fingerprint density at radius 1 is 1.35 bits per heavy atom. The molecular weight excluding hydrogens is 257 g/mol. The number of hydrogen-bond donors (Lipinski definition) is 1. The van der Waals surface area contributed by atoms with Crippen molar-refractivity contribution in [3.63, 3.8) is 0 Å². The number of nitrogens with one attached hydrogen (secondary N) is 1. The van der Waals surface area contributed by atoms with Crippen LogP contribution in [0.1, 0.15) is 31.2 Å². The molecule has 17 heavy (non-hydrogen) atoms. The van der Waals surface area contributed by atoms with Crippen molar-refractivity contribution >= 4 is 29.1 Å². The Balaban J connectivity index is 2.00. The maximum absolute atomic E-state index is 11.7. The molecule has 0 saturated heterocycles. The van der Waals surface area contributed by atoms with E-state index in [1.54, 1.807) is 6.07 Å². The fourth-order valence-corrected chi connectivity index (χ4v) is 2.56. The van der Waals surface area contributed by atoms with Gasteiger partial charge in [0.2, 0.25) is 5.91 Å². The lowest BCUT2D eigenvalue weighted by molar-refractivity contribution is -0.122. The summed E-state index contributed by atoms with van der Waals surface area (Å²) in [5.41, 5.74) is 1.07. The minimum absolute atomic E-state index is 0.0936. The average molecular weight is 272 g/mol. The van der Waals surface area contributed by atoms with E-state index >= 15 is 0 Å². The molecule has 4 heteroatoms. The Labute approximate surface area is 111 Å². The van der Waals surface area contributed by atoms with Crippen molar-refractivity contribution in [3.8, 4) is 0 Å². The molecule has 1 fully saturated rings. The van der Waals surface area contributed by atoms with Crippen molar-refractivity contribution in [2.24, 2.45) is 5.92 Å². The van der Waals surface area contributed by atoms with Crippen molar-refractivity contribution in [2.75, 3.05) is 6.54 Å². The lowest BCUT2D eigenvalue weighted by Gasteiger charge is -2.04. The van der Waals surface area contributed by atoms with Gasteiger partial charge in [-0.05, 0) is 42.5 Å². The van der Waals surface area contributed by atoms with Crippen molar-refractivity contribution in [1.82, 2.24) is 5.32 Å². The van der Waals surface area contributed by atoms with Gasteiger partial charge in [-0.1, -0.05) is 30.1 Å². The summed E-state index contributed by atoms with van der Waals surface area (Å²) in [6.07, 6.45) is 1.86. The van der Waals surface area contributed by atoms with Crippen LogP contribution in [0.4, 0.5) is 0 Å². The van der Waals surface area contributed by atoms with Crippen molar-refractivity contribution in [2.45, 2.75) is 25.7 Å². The van der Waals surface area contributed by atoms with E-state index < -0.39 is 0 Å². The highest BCUT2D eigenvalue weighted by Gasteiger charge is 2.43. The Morgan fingerprint density at radius 3 is 2.59 bits per heavy atom. The monoisotopic (exact) mass is 271 g/mol. The number of hydrogen-bond acceptors (Lipinski definition) is 1. The summed E-state index contributed by atoms with van der Waals surface area (Å²) in [7, 11) is 0. The van der Waals surface area contributed by atoms with Gasteiger partial charge in [-0.2, -0.15) is 0 Å². The minimum atomic E-state index is 0.0936. The molecule has 2 nitrogen and oxygen atoms in total. The fourth-order valence-electron chi connectivity index (χ4n) is 2.02. The summed E-state index contributed by atoms with van der Waals surface area (Å²) in [4.78, 5) is 11.7. The fraction of sp³-hybridized carbons (Fsp3) is 0.462. The highest BCUT2D eigenvalue weighted by atomic mass is 35.5. The smallest absolute Gasteiger partial charge is 0.223 e. The van der Waals surface area contributed by atoms with Crippen LogP contribution in [-0.4, -0.2) is 12.5 Å². The van der Waals surface area contributed by atoms with Crippen LogP contribution in [-0.2, 0) is 4.79 Å². The van der Waals surface area contributed by atoms with Crippen molar-refractivity contribution in [3.05, 3.63) is 33.8 Å². The molecule has 0 unspecified atom stereocenters. The zero-order chi connectivity index (χ0) is 12.4. The number of amides is 1. The van der Waals surface area contributed by atoms with E-state index in [0.717, 1.165) is 24.9 Å². The van der Waals surface area contributed by atoms with Gasteiger partial charge < -0.3 is 5.32 Å².